The first-order valence-electron chi connectivity index (χ1n) is 14.0. The number of hydrogen-bond acceptors (Lipinski definition) is 4. The number of anilines is 1. The summed E-state index contributed by atoms with van der Waals surface area (Å²) in [4.78, 5) is 29.6. The van der Waals surface area contributed by atoms with Crippen molar-refractivity contribution in [2.75, 3.05) is 17.1 Å². The summed E-state index contributed by atoms with van der Waals surface area (Å²) in [6, 6.07) is 22.9. The highest BCUT2D eigenvalue weighted by molar-refractivity contribution is 7.92. The van der Waals surface area contributed by atoms with Crippen molar-refractivity contribution in [1.29, 1.82) is 0 Å². The Hall–Kier alpha value is -3.36. The van der Waals surface area contributed by atoms with Crippen molar-refractivity contribution in [3.8, 4) is 0 Å². The molecule has 0 aliphatic heterocycles. The SMILES string of the molecule is Cc1ccc(CN(C(=O)CN(c2ccc(Cl)cc2)S(C)(=O)=O)C(Cc2ccccc2)C(=O)NC2CCCCC2)cc1. The zero-order chi connectivity index (χ0) is 29.4. The minimum Gasteiger partial charge on any atom is -0.352 e. The van der Waals surface area contributed by atoms with Gasteiger partial charge in [0.25, 0.3) is 0 Å². The Morgan fingerprint density at radius 2 is 1.54 bits per heavy atom. The third-order valence-corrected chi connectivity index (χ3v) is 8.88. The molecule has 1 aliphatic rings. The molecule has 0 radical (unpaired) electrons. The molecule has 4 rings (SSSR count). The Balaban J connectivity index is 1.71. The summed E-state index contributed by atoms with van der Waals surface area (Å²) < 4.78 is 26.8. The Bertz CT molecular complexity index is 1410. The average Bonchev–Trinajstić information content (AvgIpc) is 2.95. The second-order valence-corrected chi connectivity index (χ2v) is 13.1. The number of benzene rings is 3. The van der Waals surface area contributed by atoms with Gasteiger partial charge in [0.15, 0.2) is 0 Å². The lowest BCUT2D eigenvalue weighted by molar-refractivity contribution is -0.140. The molecule has 0 aromatic heterocycles. The molecular weight excluding hydrogens is 558 g/mol. The van der Waals surface area contributed by atoms with Crippen LogP contribution >= 0.6 is 11.6 Å². The van der Waals surface area contributed by atoms with Crippen LogP contribution in [0.15, 0.2) is 78.9 Å². The summed E-state index contributed by atoms with van der Waals surface area (Å²) in [5.74, 6) is -0.690. The molecule has 41 heavy (non-hydrogen) atoms. The van der Waals surface area contributed by atoms with Gasteiger partial charge in [0.1, 0.15) is 12.6 Å². The standard InChI is InChI=1S/C32H38ClN3O4S/c1-24-13-15-26(16-14-24)22-35(31(37)23-36(41(2,39)40)29-19-17-27(33)18-20-29)30(21-25-9-5-3-6-10-25)32(38)34-28-11-7-4-8-12-28/h3,5-6,9-10,13-20,28,30H,4,7-8,11-12,21-23H2,1-2H3,(H,34,38). The molecule has 3 aromatic rings. The van der Waals surface area contributed by atoms with E-state index < -0.39 is 28.5 Å². The van der Waals surface area contributed by atoms with E-state index in [2.05, 4.69) is 5.32 Å². The average molecular weight is 596 g/mol. The van der Waals surface area contributed by atoms with E-state index in [4.69, 9.17) is 11.6 Å². The first-order valence-corrected chi connectivity index (χ1v) is 16.3. The van der Waals surface area contributed by atoms with Gasteiger partial charge in [0.2, 0.25) is 21.8 Å². The molecule has 1 aliphatic carbocycles. The van der Waals surface area contributed by atoms with E-state index in [1.54, 1.807) is 24.3 Å². The molecule has 9 heteroatoms. The first-order chi connectivity index (χ1) is 19.6. The second-order valence-electron chi connectivity index (χ2n) is 10.8. The van der Waals surface area contributed by atoms with Crippen molar-refractivity contribution in [2.45, 2.75) is 64.1 Å². The Morgan fingerprint density at radius 3 is 2.15 bits per heavy atom. The fourth-order valence-electron chi connectivity index (χ4n) is 5.21. The molecule has 1 unspecified atom stereocenters. The van der Waals surface area contributed by atoms with E-state index in [1.807, 2.05) is 61.5 Å². The predicted octanol–water partition coefficient (Wildman–Crippen LogP) is 5.50. The maximum absolute atomic E-state index is 14.2. The summed E-state index contributed by atoms with van der Waals surface area (Å²) >= 11 is 6.03. The maximum Gasteiger partial charge on any atom is 0.244 e. The molecule has 7 nitrogen and oxygen atoms in total. The topological polar surface area (TPSA) is 86.8 Å². The summed E-state index contributed by atoms with van der Waals surface area (Å²) in [5.41, 5.74) is 3.17. The van der Waals surface area contributed by atoms with E-state index in [0.717, 1.165) is 59.4 Å². The number of rotatable bonds is 11. The zero-order valence-corrected chi connectivity index (χ0v) is 25.2. The number of amides is 2. The number of hydrogen-bond donors (Lipinski definition) is 1. The van der Waals surface area contributed by atoms with Gasteiger partial charge in [-0.15, -0.1) is 0 Å². The van der Waals surface area contributed by atoms with Crippen LogP contribution in [0.1, 0.15) is 48.8 Å². The quantitative estimate of drug-likeness (QED) is 0.317. The molecule has 2 amide bonds. The fourth-order valence-corrected chi connectivity index (χ4v) is 6.19. The van der Waals surface area contributed by atoms with E-state index in [9.17, 15) is 18.0 Å². The number of halogens is 1. The van der Waals surface area contributed by atoms with Crippen molar-refractivity contribution in [3.05, 3.63) is 101 Å². The van der Waals surface area contributed by atoms with Gasteiger partial charge in [-0.2, -0.15) is 0 Å². The largest absolute Gasteiger partial charge is 0.352 e. The summed E-state index contributed by atoms with van der Waals surface area (Å²) in [6.07, 6.45) is 6.47. The van der Waals surface area contributed by atoms with E-state index in [-0.39, 0.29) is 18.5 Å². The van der Waals surface area contributed by atoms with Crippen molar-refractivity contribution in [3.63, 3.8) is 0 Å². The molecule has 1 fully saturated rings. The molecule has 0 saturated heterocycles. The number of nitrogens with one attached hydrogen (secondary N) is 1. The Morgan fingerprint density at radius 1 is 0.902 bits per heavy atom. The third kappa shape index (κ3) is 8.81. The molecule has 3 aromatic carbocycles. The molecule has 1 N–H and O–H groups in total. The van der Waals surface area contributed by atoms with Gasteiger partial charge in [-0.25, -0.2) is 8.42 Å². The Kier molecular flexibility index (Phi) is 10.5. The first kappa shape index (κ1) is 30.6. The fraction of sp³-hybridized carbons (Fsp3) is 0.375. The van der Waals surface area contributed by atoms with Crippen LogP contribution in [0.5, 0.6) is 0 Å². The van der Waals surface area contributed by atoms with Gasteiger partial charge in [0.05, 0.1) is 11.9 Å². The lowest BCUT2D eigenvalue weighted by atomic mass is 9.94. The highest BCUT2D eigenvalue weighted by Crippen LogP contribution is 2.23. The van der Waals surface area contributed by atoms with Crippen LogP contribution in [0.3, 0.4) is 0 Å². The van der Waals surface area contributed by atoms with Crippen LogP contribution < -0.4 is 9.62 Å². The molecule has 0 spiro atoms. The maximum atomic E-state index is 14.2. The van der Waals surface area contributed by atoms with Crippen molar-refractivity contribution in [2.24, 2.45) is 0 Å². The number of sulfonamides is 1. The van der Waals surface area contributed by atoms with Crippen LogP contribution in [0.25, 0.3) is 0 Å². The Labute approximate surface area is 248 Å². The van der Waals surface area contributed by atoms with Crippen LogP contribution in [-0.2, 0) is 32.6 Å². The third-order valence-electron chi connectivity index (χ3n) is 7.49. The van der Waals surface area contributed by atoms with Gasteiger partial charge in [0, 0.05) is 24.0 Å². The predicted molar refractivity (Wildman–Crippen MR) is 164 cm³/mol. The number of carbonyl (C=O) groups excluding carboxylic acids is 2. The number of carbonyl (C=O) groups is 2. The molecular formula is C32H38ClN3O4S. The number of aryl methyl sites for hydroxylation is 1. The van der Waals surface area contributed by atoms with Gasteiger partial charge < -0.3 is 10.2 Å². The molecule has 1 saturated carbocycles. The van der Waals surface area contributed by atoms with Crippen molar-refractivity contribution >= 4 is 39.1 Å². The van der Waals surface area contributed by atoms with Crippen LogP contribution in [-0.4, -0.2) is 50.0 Å². The normalized spacial score (nSPS) is 14.7. The monoisotopic (exact) mass is 595 g/mol. The molecule has 0 heterocycles. The summed E-state index contributed by atoms with van der Waals surface area (Å²) in [5, 5.41) is 3.67. The van der Waals surface area contributed by atoms with Crippen LogP contribution in [0, 0.1) is 6.92 Å². The van der Waals surface area contributed by atoms with Gasteiger partial charge in [-0.1, -0.05) is 91.0 Å². The van der Waals surface area contributed by atoms with Gasteiger partial charge in [-0.05, 0) is 55.2 Å². The summed E-state index contributed by atoms with van der Waals surface area (Å²) in [7, 11) is -3.82. The van der Waals surface area contributed by atoms with Crippen LogP contribution in [0.4, 0.5) is 5.69 Å². The number of nitrogens with zero attached hydrogens (tertiary/aromatic N) is 2. The van der Waals surface area contributed by atoms with Crippen molar-refractivity contribution < 1.29 is 18.0 Å². The van der Waals surface area contributed by atoms with Crippen LogP contribution in [0.2, 0.25) is 5.02 Å². The minimum absolute atomic E-state index is 0.0624. The van der Waals surface area contributed by atoms with E-state index in [1.165, 1.54) is 4.90 Å². The van der Waals surface area contributed by atoms with E-state index >= 15 is 0 Å². The molecule has 1 atom stereocenters. The highest BCUT2D eigenvalue weighted by atomic mass is 35.5. The highest BCUT2D eigenvalue weighted by Gasteiger charge is 2.34. The van der Waals surface area contributed by atoms with Gasteiger partial charge >= 0.3 is 0 Å². The van der Waals surface area contributed by atoms with E-state index in [0.29, 0.717) is 17.1 Å². The van der Waals surface area contributed by atoms with Gasteiger partial charge in [-0.3, -0.25) is 13.9 Å². The van der Waals surface area contributed by atoms with Crippen molar-refractivity contribution in [1.82, 2.24) is 10.2 Å². The molecule has 0 bridgehead atoms. The minimum atomic E-state index is -3.82. The lowest BCUT2D eigenvalue weighted by Gasteiger charge is -2.35. The zero-order valence-electron chi connectivity index (χ0n) is 23.6. The summed E-state index contributed by atoms with van der Waals surface area (Å²) in [6.45, 7) is 1.69. The second kappa shape index (κ2) is 14.0. The molecule has 218 valence electrons. The lowest BCUT2D eigenvalue weighted by Crippen LogP contribution is -2.55. The smallest absolute Gasteiger partial charge is 0.244 e.